The van der Waals surface area contributed by atoms with Crippen molar-refractivity contribution in [3.05, 3.63) is 40.7 Å². The number of hydrogen-bond acceptors (Lipinski definition) is 4. The Morgan fingerprint density at radius 3 is 2.74 bits per heavy atom. The maximum atomic E-state index is 11.7. The standard InChI is InChI=1S/C14H15N3O2/c18-14-3-6-15-13-9-11(1-2-12(13)14)17-7-4-10(16-19)5-8-17/h1-3,6,9,19H,4-5,7-8H2,(H,15,18). The van der Waals surface area contributed by atoms with Crippen molar-refractivity contribution < 1.29 is 5.21 Å². The third-order valence-corrected chi connectivity index (χ3v) is 3.59. The number of hydrogen-bond donors (Lipinski definition) is 2. The number of pyridine rings is 1. The summed E-state index contributed by atoms with van der Waals surface area (Å²) >= 11 is 0. The van der Waals surface area contributed by atoms with Crippen molar-refractivity contribution in [2.45, 2.75) is 12.8 Å². The van der Waals surface area contributed by atoms with Crippen molar-refractivity contribution in [3.8, 4) is 0 Å². The van der Waals surface area contributed by atoms with E-state index in [-0.39, 0.29) is 5.43 Å². The van der Waals surface area contributed by atoms with E-state index < -0.39 is 0 Å². The van der Waals surface area contributed by atoms with E-state index in [0.29, 0.717) is 5.39 Å². The highest BCUT2D eigenvalue weighted by Gasteiger charge is 2.16. The minimum absolute atomic E-state index is 0.0358. The van der Waals surface area contributed by atoms with E-state index in [9.17, 15) is 4.79 Å². The molecule has 2 aromatic rings. The molecule has 0 unspecified atom stereocenters. The number of nitrogens with zero attached hydrogens (tertiary/aromatic N) is 2. The van der Waals surface area contributed by atoms with Crippen molar-refractivity contribution in [1.29, 1.82) is 0 Å². The van der Waals surface area contributed by atoms with E-state index in [1.165, 1.54) is 6.07 Å². The SMILES string of the molecule is O=c1cc[nH]c2cc(N3CCC(=NO)CC3)ccc12. The van der Waals surface area contributed by atoms with Crippen LogP contribution in [0.2, 0.25) is 0 Å². The Morgan fingerprint density at radius 2 is 2.00 bits per heavy atom. The van der Waals surface area contributed by atoms with Crippen LogP contribution >= 0.6 is 0 Å². The molecule has 19 heavy (non-hydrogen) atoms. The fourth-order valence-corrected chi connectivity index (χ4v) is 2.48. The van der Waals surface area contributed by atoms with Crippen molar-refractivity contribution in [2.75, 3.05) is 18.0 Å². The van der Waals surface area contributed by atoms with Gasteiger partial charge in [-0.2, -0.15) is 0 Å². The average molecular weight is 257 g/mol. The number of oxime groups is 1. The van der Waals surface area contributed by atoms with E-state index in [1.807, 2.05) is 18.2 Å². The molecule has 2 N–H and O–H groups in total. The number of benzene rings is 1. The number of piperidine rings is 1. The maximum Gasteiger partial charge on any atom is 0.189 e. The van der Waals surface area contributed by atoms with Crippen LogP contribution in [0, 0.1) is 0 Å². The molecule has 0 radical (unpaired) electrons. The molecular weight excluding hydrogens is 242 g/mol. The van der Waals surface area contributed by atoms with Gasteiger partial charge in [-0.05, 0) is 18.2 Å². The second-order valence-corrected chi connectivity index (χ2v) is 4.73. The van der Waals surface area contributed by atoms with Crippen LogP contribution in [0.25, 0.3) is 10.9 Å². The van der Waals surface area contributed by atoms with Crippen LogP contribution in [0.1, 0.15) is 12.8 Å². The third-order valence-electron chi connectivity index (χ3n) is 3.59. The number of H-pyrrole nitrogens is 1. The Kier molecular flexibility index (Phi) is 2.95. The summed E-state index contributed by atoms with van der Waals surface area (Å²) in [7, 11) is 0. The van der Waals surface area contributed by atoms with Gasteiger partial charge in [0.05, 0.1) is 11.2 Å². The Morgan fingerprint density at radius 1 is 1.21 bits per heavy atom. The van der Waals surface area contributed by atoms with Gasteiger partial charge in [0.2, 0.25) is 0 Å². The van der Waals surface area contributed by atoms with Gasteiger partial charge in [-0.25, -0.2) is 0 Å². The molecule has 1 saturated heterocycles. The Bertz CT molecular complexity index is 680. The molecule has 1 aromatic heterocycles. The molecule has 1 fully saturated rings. The molecule has 0 bridgehead atoms. The zero-order valence-corrected chi connectivity index (χ0v) is 10.5. The van der Waals surface area contributed by atoms with Crippen LogP contribution in [-0.2, 0) is 0 Å². The first-order valence-corrected chi connectivity index (χ1v) is 6.34. The van der Waals surface area contributed by atoms with Crippen molar-refractivity contribution in [1.82, 2.24) is 4.98 Å². The Labute approximate surface area is 110 Å². The summed E-state index contributed by atoms with van der Waals surface area (Å²) in [4.78, 5) is 17.0. The minimum atomic E-state index is 0.0358. The summed E-state index contributed by atoms with van der Waals surface area (Å²) < 4.78 is 0. The van der Waals surface area contributed by atoms with Gasteiger partial charge < -0.3 is 15.1 Å². The van der Waals surface area contributed by atoms with Gasteiger partial charge in [-0.3, -0.25) is 4.79 Å². The summed E-state index contributed by atoms with van der Waals surface area (Å²) in [5.74, 6) is 0. The van der Waals surface area contributed by atoms with Gasteiger partial charge in [0.15, 0.2) is 5.43 Å². The van der Waals surface area contributed by atoms with Crippen molar-refractivity contribution >= 4 is 22.3 Å². The lowest BCUT2D eigenvalue weighted by Gasteiger charge is -2.29. The number of fused-ring (bicyclic) bond motifs is 1. The molecule has 2 heterocycles. The van der Waals surface area contributed by atoms with E-state index in [4.69, 9.17) is 5.21 Å². The number of aromatic amines is 1. The van der Waals surface area contributed by atoms with Crippen molar-refractivity contribution in [2.24, 2.45) is 5.16 Å². The van der Waals surface area contributed by atoms with E-state index in [1.54, 1.807) is 6.20 Å². The molecule has 0 spiro atoms. The predicted octanol–water partition coefficient (Wildman–Crippen LogP) is 1.96. The number of anilines is 1. The Hall–Kier alpha value is -2.30. The lowest BCUT2D eigenvalue weighted by atomic mass is 10.1. The van der Waals surface area contributed by atoms with Gasteiger partial charge in [0.25, 0.3) is 0 Å². The van der Waals surface area contributed by atoms with Crippen LogP contribution in [0.3, 0.4) is 0 Å². The topological polar surface area (TPSA) is 68.7 Å². The minimum Gasteiger partial charge on any atom is -0.411 e. The second-order valence-electron chi connectivity index (χ2n) is 4.73. The molecule has 0 atom stereocenters. The number of nitrogens with one attached hydrogen (secondary N) is 1. The molecule has 0 saturated carbocycles. The smallest absolute Gasteiger partial charge is 0.189 e. The molecule has 5 heteroatoms. The molecule has 1 aliphatic heterocycles. The lowest BCUT2D eigenvalue weighted by Crippen LogP contribution is -2.33. The van der Waals surface area contributed by atoms with Crippen LogP contribution in [-0.4, -0.2) is 29.0 Å². The molecular formula is C14H15N3O2. The highest BCUT2D eigenvalue weighted by Crippen LogP contribution is 2.21. The van der Waals surface area contributed by atoms with Gasteiger partial charge in [0, 0.05) is 49.3 Å². The Balaban J connectivity index is 1.92. The molecule has 0 aliphatic carbocycles. The van der Waals surface area contributed by atoms with Crippen LogP contribution in [0.5, 0.6) is 0 Å². The molecule has 98 valence electrons. The molecule has 3 rings (SSSR count). The second kappa shape index (κ2) is 4.76. The molecule has 5 nitrogen and oxygen atoms in total. The fourth-order valence-electron chi connectivity index (χ4n) is 2.48. The fraction of sp³-hybridized carbons (Fsp3) is 0.286. The summed E-state index contributed by atoms with van der Waals surface area (Å²) in [5, 5.41) is 12.7. The highest BCUT2D eigenvalue weighted by atomic mass is 16.4. The first-order chi connectivity index (χ1) is 9.28. The van der Waals surface area contributed by atoms with Gasteiger partial charge in [-0.1, -0.05) is 5.16 Å². The average Bonchev–Trinajstić information content (AvgIpc) is 2.47. The summed E-state index contributed by atoms with van der Waals surface area (Å²) in [6.45, 7) is 1.67. The summed E-state index contributed by atoms with van der Waals surface area (Å²) in [6, 6.07) is 7.36. The zero-order chi connectivity index (χ0) is 13.2. The van der Waals surface area contributed by atoms with Crippen LogP contribution in [0.4, 0.5) is 5.69 Å². The number of aromatic nitrogens is 1. The van der Waals surface area contributed by atoms with E-state index in [0.717, 1.165) is 42.8 Å². The summed E-state index contributed by atoms with van der Waals surface area (Å²) in [5.41, 5.74) is 2.83. The van der Waals surface area contributed by atoms with Crippen LogP contribution < -0.4 is 10.3 Å². The van der Waals surface area contributed by atoms with E-state index in [2.05, 4.69) is 15.0 Å². The monoisotopic (exact) mass is 257 g/mol. The van der Waals surface area contributed by atoms with Gasteiger partial charge in [0.1, 0.15) is 0 Å². The quantitative estimate of drug-likeness (QED) is 0.606. The lowest BCUT2D eigenvalue weighted by molar-refractivity contribution is 0.315. The van der Waals surface area contributed by atoms with Crippen LogP contribution in [0.15, 0.2) is 40.4 Å². The van der Waals surface area contributed by atoms with Crippen molar-refractivity contribution in [3.63, 3.8) is 0 Å². The molecule has 1 aliphatic rings. The molecule has 0 amide bonds. The van der Waals surface area contributed by atoms with E-state index >= 15 is 0 Å². The first kappa shape index (κ1) is 11.8. The largest absolute Gasteiger partial charge is 0.411 e. The predicted molar refractivity (Wildman–Crippen MR) is 75.2 cm³/mol. The highest BCUT2D eigenvalue weighted by molar-refractivity contribution is 5.87. The van der Waals surface area contributed by atoms with Gasteiger partial charge in [-0.15, -0.1) is 0 Å². The maximum absolute atomic E-state index is 11.7. The first-order valence-electron chi connectivity index (χ1n) is 6.34. The number of rotatable bonds is 1. The summed E-state index contributed by atoms with van der Waals surface area (Å²) in [6.07, 6.45) is 3.22. The van der Waals surface area contributed by atoms with Gasteiger partial charge >= 0.3 is 0 Å². The third kappa shape index (κ3) is 2.19. The zero-order valence-electron chi connectivity index (χ0n) is 10.5. The normalized spacial score (nSPS) is 15.8. The molecule has 1 aromatic carbocycles.